The van der Waals surface area contributed by atoms with Gasteiger partial charge in [0, 0.05) is 12.3 Å². The average Bonchev–Trinajstić information content (AvgIpc) is 2.48. The summed E-state index contributed by atoms with van der Waals surface area (Å²) in [6.45, 7) is 7.36. The summed E-state index contributed by atoms with van der Waals surface area (Å²) in [6.07, 6.45) is 0. The Labute approximate surface area is 125 Å². The van der Waals surface area contributed by atoms with Crippen LogP contribution in [0, 0.1) is 11.3 Å². The van der Waals surface area contributed by atoms with Crippen molar-refractivity contribution >= 4 is 23.4 Å². The van der Waals surface area contributed by atoms with Gasteiger partial charge in [-0.2, -0.15) is 17.0 Å². The van der Waals surface area contributed by atoms with Gasteiger partial charge in [-0.1, -0.05) is 26.0 Å². The molecule has 1 aromatic carbocycles. The lowest BCUT2D eigenvalue weighted by Crippen LogP contribution is -2.26. The molecular formula is C15H21N3OS. The average molecular weight is 291 g/mol. The first kappa shape index (κ1) is 16.5. The maximum Gasteiger partial charge on any atom is 0.234 e. The number of carbonyl (C=O) groups excluding carboxylic acids is 1. The third-order valence-electron chi connectivity index (χ3n) is 3.00. The van der Waals surface area contributed by atoms with Crippen molar-refractivity contribution < 1.29 is 4.79 Å². The van der Waals surface area contributed by atoms with E-state index in [4.69, 9.17) is 5.26 Å². The maximum absolute atomic E-state index is 11.8. The Kier molecular flexibility index (Phi) is 7.78. The molecule has 0 aliphatic heterocycles. The lowest BCUT2D eigenvalue weighted by molar-refractivity contribution is -0.113. The second-order valence-corrected chi connectivity index (χ2v) is 5.39. The van der Waals surface area contributed by atoms with Gasteiger partial charge in [0.2, 0.25) is 5.91 Å². The highest BCUT2D eigenvalue weighted by molar-refractivity contribution is 7.99. The van der Waals surface area contributed by atoms with Gasteiger partial charge < -0.3 is 10.2 Å². The molecule has 0 radical (unpaired) electrons. The minimum Gasteiger partial charge on any atom is -0.324 e. The predicted molar refractivity (Wildman–Crippen MR) is 84.9 cm³/mol. The van der Waals surface area contributed by atoms with Crippen LogP contribution in [-0.2, 0) is 4.79 Å². The third kappa shape index (κ3) is 5.64. The summed E-state index contributed by atoms with van der Waals surface area (Å²) < 4.78 is 0. The summed E-state index contributed by atoms with van der Waals surface area (Å²) in [5.74, 6) is 1.30. The van der Waals surface area contributed by atoms with Crippen molar-refractivity contribution in [2.45, 2.75) is 13.8 Å². The van der Waals surface area contributed by atoms with E-state index in [-0.39, 0.29) is 5.91 Å². The molecule has 0 unspecified atom stereocenters. The predicted octanol–water partition coefficient (Wildman–Crippen LogP) is 2.57. The van der Waals surface area contributed by atoms with E-state index in [9.17, 15) is 4.79 Å². The summed E-state index contributed by atoms with van der Waals surface area (Å²) >= 11 is 1.62. The van der Waals surface area contributed by atoms with E-state index in [0.29, 0.717) is 17.0 Å². The van der Waals surface area contributed by atoms with Crippen LogP contribution in [0.4, 0.5) is 5.69 Å². The van der Waals surface area contributed by atoms with Crippen LogP contribution in [0.1, 0.15) is 19.4 Å². The molecule has 0 spiro atoms. The van der Waals surface area contributed by atoms with E-state index >= 15 is 0 Å². The molecular weight excluding hydrogens is 270 g/mol. The number of para-hydroxylation sites is 1. The Balaban J connectivity index is 2.32. The minimum atomic E-state index is -0.0581. The van der Waals surface area contributed by atoms with Crippen LogP contribution in [0.5, 0.6) is 0 Å². The highest BCUT2D eigenvalue weighted by atomic mass is 32.2. The van der Waals surface area contributed by atoms with Crippen molar-refractivity contribution in [1.29, 1.82) is 5.26 Å². The molecule has 0 aliphatic rings. The largest absolute Gasteiger partial charge is 0.324 e. The van der Waals surface area contributed by atoms with E-state index in [1.807, 2.05) is 6.07 Å². The van der Waals surface area contributed by atoms with Gasteiger partial charge in [0.15, 0.2) is 0 Å². The molecule has 108 valence electrons. The summed E-state index contributed by atoms with van der Waals surface area (Å²) in [7, 11) is 0. The topological polar surface area (TPSA) is 56.1 Å². The fourth-order valence-corrected chi connectivity index (χ4v) is 2.56. The second-order valence-electron chi connectivity index (χ2n) is 4.29. The number of rotatable bonds is 8. The van der Waals surface area contributed by atoms with E-state index in [1.54, 1.807) is 30.0 Å². The van der Waals surface area contributed by atoms with E-state index in [0.717, 1.165) is 25.4 Å². The zero-order chi connectivity index (χ0) is 14.8. The zero-order valence-corrected chi connectivity index (χ0v) is 12.9. The highest BCUT2D eigenvalue weighted by Gasteiger charge is 2.06. The number of anilines is 1. The van der Waals surface area contributed by atoms with Crippen molar-refractivity contribution in [3.8, 4) is 6.07 Å². The molecule has 0 heterocycles. The highest BCUT2D eigenvalue weighted by Crippen LogP contribution is 2.14. The molecule has 1 N–H and O–H groups in total. The van der Waals surface area contributed by atoms with Gasteiger partial charge in [-0.25, -0.2) is 0 Å². The van der Waals surface area contributed by atoms with E-state index in [2.05, 4.69) is 30.1 Å². The van der Waals surface area contributed by atoms with Crippen LogP contribution in [0.15, 0.2) is 24.3 Å². The van der Waals surface area contributed by atoms with Crippen LogP contribution in [0.2, 0.25) is 0 Å². The van der Waals surface area contributed by atoms with Crippen LogP contribution < -0.4 is 5.32 Å². The molecule has 0 aromatic heterocycles. The molecule has 0 saturated carbocycles. The molecule has 20 heavy (non-hydrogen) atoms. The number of nitrogens with one attached hydrogen (secondary N) is 1. The minimum absolute atomic E-state index is 0.0581. The van der Waals surface area contributed by atoms with E-state index < -0.39 is 0 Å². The van der Waals surface area contributed by atoms with Gasteiger partial charge in [0.1, 0.15) is 6.07 Å². The quantitative estimate of drug-likeness (QED) is 0.748. The maximum atomic E-state index is 11.8. The third-order valence-corrected chi connectivity index (χ3v) is 3.94. The first-order valence-electron chi connectivity index (χ1n) is 6.80. The number of thioether (sulfide) groups is 1. The molecule has 5 heteroatoms. The Morgan fingerprint density at radius 3 is 2.70 bits per heavy atom. The van der Waals surface area contributed by atoms with Gasteiger partial charge >= 0.3 is 0 Å². The summed E-state index contributed by atoms with van der Waals surface area (Å²) in [6, 6.07) is 9.11. The molecule has 4 nitrogen and oxygen atoms in total. The van der Waals surface area contributed by atoms with Gasteiger partial charge in [0.05, 0.1) is 17.0 Å². The summed E-state index contributed by atoms with van der Waals surface area (Å²) in [5.41, 5.74) is 1.08. The molecule has 0 saturated heterocycles. The lowest BCUT2D eigenvalue weighted by Gasteiger charge is -2.17. The number of carbonyl (C=O) groups is 1. The SMILES string of the molecule is CCN(CC)CCSCC(=O)Nc1ccccc1C#N. The van der Waals surface area contributed by atoms with Crippen LogP contribution in [0.3, 0.4) is 0 Å². The molecule has 0 bridgehead atoms. The standard InChI is InChI=1S/C15H21N3OS/c1-3-18(4-2)9-10-20-12-15(19)17-14-8-6-5-7-13(14)11-16/h5-8H,3-4,9-10,12H2,1-2H3,(H,17,19). The number of nitrogens with zero attached hydrogens (tertiary/aromatic N) is 2. The second kappa shape index (κ2) is 9.40. The van der Waals surface area contributed by atoms with Crippen LogP contribution in [-0.4, -0.2) is 41.9 Å². The number of amides is 1. The van der Waals surface area contributed by atoms with Crippen molar-refractivity contribution in [2.75, 3.05) is 36.5 Å². The lowest BCUT2D eigenvalue weighted by atomic mass is 10.2. The van der Waals surface area contributed by atoms with Crippen molar-refractivity contribution in [3.05, 3.63) is 29.8 Å². The molecule has 1 amide bonds. The molecule has 1 aromatic rings. The molecule has 0 aliphatic carbocycles. The summed E-state index contributed by atoms with van der Waals surface area (Å²) in [4.78, 5) is 14.1. The molecule has 0 atom stereocenters. The number of hydrogen-bond acceptors (Lipinski definition) is 4. The monoisotopic (exact) mass is 291 g/mol. The van der Waals surface area contributed by atoms with Gasteiger partial charge in [-0.15, -0.1) is 0 Å². The van der Waals surface area contributed by atoms with Crippen LogP contribution >= 0.6 is 11.8 Å². The number of hydrogen-bond donors (Lipinski definition) is 1. The number of benzene rings is 1. The Morgan fingerprint density at radius 1 is 1.35 bits per heavy atom. The van der Waals surface area contributed by atoms with Gasteiger partial charge in [0.25, 0.3) is 0 Å². The van der Waals surface area contributed by atoms with Crippen molar-refractivity contribution in [3.63, 3.8) is 0 Å². The number of nitriles is 1. The Bertz CT molecular complexity index is 466. The first-order chi connectivity index (χ1) is 9.71. The Morgan fingerprint density at radius 2 is 2.05 bits per heavy atom. The first-order valence-corrected chi connectivity index (χ1v) is 7.95. The van der Waals surface area contributed by atoms with Crippen molar-refractivity contribution in [2.24, 2.45) is 0 Å². The van der Waals surface area contributed by atoms with Crippen LogP contribution in [0.25, 0.3) is 0 Å². The zero-order valence-electron chi connectivity index (χ0n) is 12.1. The van der Waals surface area contributed by atoms with Gasteiger partial charge in [-0.05, 0) is 25.2 Å². The molecule has 1 rings (SSSR count). The van der Waals surface area contributed by atoms with Gasteiger partial charge in [-0.3, -0.25) is 4.79 Å². The normalized spacial score (nSPS) is 10.3. The molecule has 0 fully saturated rings. The smallest absolute Gasteiger partial charge is 0.234 e. The van der Waals surface area contributed by atoms with Crippen molar-refractivity contribution in [1.82, 2.24) is 4.90 Å². The fraction of sp³-hybridized carbons (Fsp3) is 0.467. The fourth-order valence-electron chi connectivity index (χ4n) is 1.77. The Hall–Kier alpha value is -1.51. The van der Waals surface area contributed by atoms with E-state index in [1.165, 1.54) is 0 Å². The summed E-state index contributed by atoms with van der Waals surface area (Å²) in [5, 5.41) is 11.7.